The summed E-state index contributed by atoms with van der Waals surface area (Å²) in [5.74, 6) is -1.31. The average Bonchev–Trinajstić information content (AvgIpc) is 2.32. The van der Waals surface area contributed by atoms with Crippen LogP contribution >= 0.6 is 43.5 Å². The third-order valence-electron chi connectivity index (χ3n) is 3.12. The first-order chi connectivity index (χ1) is 9.31. The van der Waals surface area contributed by atoms with Crippen molar-refractivity contribution < 1.29 is 8.78 Å². The summed E-state index contributed by atoms with van der Waals surface area (Å²) in [6.45, 7) is 3.77. The highest BCUT2D eigenvalue weighted by atomic mass is 79.9. The van der Waals surface area contributed by atoms with Crippen molar-refractivity contribution in [3.8, 4) is 0 Å². The van der Waals surface area contributed by atoms with E-state index in [4.69, 9.17) is 11.6 Å². The summed E-state index contributed by atoms with van der Waals surface area (Å²) >= 11 is 12.8. The van der Waals surface area contributed by atoms with E-state index in [0.29, 0.717) is 10.0 Å². The van der Waals surface area contributed by atoms with Crippen LogP contribution in [-0.2, 0) is 0 Å². The monoisotopic (exact) mass is 422 g/mol. The Morgan fingerprint density at radius 2 is 1.50 bits per heavy atom. The number of benzene rings is 2. The normalized spacial score (nSPS) is 12.6. The molecule has 1 atom stereocenters. The summed E-state index contributed by atoms with van der Waals surface area (Å²) in [7, 11) is 0. The molecular weight excluding hydrogens is 413 g/mol. The van der Waals surface area contributed by atoms with Crippen molar-refractivity contribution in [3.05, 3.63) is 67.1 Å². The highest BCUT2D eigenvalue weighted by Gasteiger charge is 2.22. The molecule has 0 aliphatic carbocycles. The maximum Gasteiger partial charge on any atom is 0.132 e. The second-order valence-corrected chi connectivity index (χ2v) is 6.81. The molecule has 0 aliphatic rings. The first-order valence-corrected chi connectivity index (χ1v) is 7.88. The van der Waals surface area contributed by atoms with Crippen LogP contribution in [0.2, 0.25) is 0 Å². The van der Waals surface area contributed by atoms with Crippen molar-refractivity contribution in [3.63, 3.8) is 0 Å². The topological polar surface area (TPSA) is 0 Å². The molecule has 0 nitrogen and oxygen atoms in total. The van der Waals surface area contributed by atoms with Gasteiger partial charge in [-0.25, -0.2) is 8.78 Å². The fourth-order valence-electron chi connectivity index (χ4n) is 2.03. The Labute approximate surface area is 138 Å². The third-order valence-corrected chi connectivity index (χ3v) is 4.88. The van der Waals surface area contributed by atoms with E-state index in [1.165, 1.54) is 12.1 Å². The first kappa shape index (κ1) is 15.9. The summed E-state index contributed by atoms with van der Waals surface area (Å²) in [5.41, 5.74) is 2.42. The molecule has 5 heteroatoms. The molecule has 0 aromatic heterocycles. The Balaban J connectivity index is 2.57. The van der Waals surface area contributed by atoms with Crippen molar-refractivity contribution in [2.24, 2.45) is 0 Å². The summed E-state index contributed by atoms with van der Waals surface area (Å²) in [6, 6.07) is 6.18. The number of halogens is 5. The minimum Gasteiger partial charge on any atom is -0.206 e. The standard InChI is InChI=1S/C15H11Br2ClF2/c1-7-4-11(17)8(2)3-10(7)15(18)14-12(19)5-9(16)6-13(14)20/h3-6,15H,1-2H3. The molecular formula is C15H11Br2ClF2. The van der Waals surface area contributed by atoms with Crippen LogP contribution in [0.5, 0.6) is 0 Å². The Morgan fingerprint density at radius 3 is 2.05 bits per heavy atom. The number of aryl methyl sites for hydroxylation is 2. The largest absolute Gasteiger partial charge is 0.206 e. The first-order valence-electron chi connectivity index (χ1n) is 5.86. The van der Waals surface area contributed by atoms with E-state index in [1.807, 2.05) is 26.0 Å². The second kappa shape index (κ2) is 6.12. The molecule has 0 saturated heterocycles. The van der Waals surface area contributed by atoms with Crippen LogP contribution in [0.15, 0.2) is 33.2 Å². The molecule has 0 spiro atoms. The highest BCUT2D eigenvalue weighted by molar-refractivity contribution is 9.10. The fourth-order valence-corrected chi connectivity index (χ4v) is 3.33. The smallest absolute Gasteiger partial charge is 0.132 e. The van der Waals surface area contributed by atoms with Crippen LogP contribution in [0.25, 0.3) is 0 Å². The van der Waals surface area contributed by atoms with E-state index in [2.05, 4.69) is 31.9 Å². The molecule has 0 saturated carbocycles. The molecule has 0 aliphatic heterocycles. The van der Waals surface area contributed by atoms with Gasteiger partial charge in [-0.2, -0.15) is 0 Å². The summed E-state index contributed by atoms with van der Waals surface area (Å²) < 4.78 is 29.3. The van der Waals surface area contributed by atoms with Crippen molar-refractivity contribution in [1.29, 1.82) is 0 Å². The van der Waals surface area contributed by atoms with E-state index in [9.17, 15) is 8.78 Å². The molecule has 1 unspecified atom stereocenters. The van der Waals surface area contributed by atoms with Gasteiger partial charge in [0.25, 0.3) is 0 Å². The molecule has 106 valence electrons. The van der Waals surface area contributed by atoms with Crippen LogP contribution in [0.1, 0.15) is 27.6 Å². The number of rotatable bonds is 2. The molecule has 0 heterocycles. The zero-order chi connectivity index (χ0) is 15.0. The van der Waals surface area contributed by atoms with Gasteiger partial charge >= 0.3 is 0 Å². The van der Waals surface area contributed by atoms with Gasteiger partial charge < -0.3 is 0 Å². The second-order valence-electron chi connectivity index (χ2n) is 4.60. The predicted molar refractivity (Wildman–Crippen MR) is 85.4 cm³/mol. The van der Waals surface area contributed by atoms with Gasteiger partial charge in [-0.15, -0.1) is 11.6 Å². The molecule has 2 aromatic rings. The van der Waals surface area contributed by atoms with E-state index < -0.39 is 17.0 Å². The Morgan fingerprint density at radius 1 is 0.950 bits per heavy atom. The van der Waals surface area contributed by atoms with Gasteiger partial charge in [0, 0.05) is 14.5 Å². The summed E-state index contributed by atoms with van der Waals surface area (Å²) in [5, 5.41) is -0.866. The van der Waals surface area contributed by atoms with Gasteiger partial charge in [-0.1, -0.05) is 37.9 Å². The van der Waals surface area contributed by atoms with Crippen LogP contribution in [0.3, 0.4) is 0 Å². The van der Waals surface area contributed by atoms with E-state index >= 15 is 0 Å². The van der Waals surface area contributed by atoms with Crippen LogP contribution in [0, 0.1) is 25.5 Å². The van der Waals surface area contributed by atoms with Crippen LogP contribution in [0.4, 0.5) is 8.78 Å². The van der Waals surface area contributed by atoms with Crippen molar-refractivity contribution >= 4 is 43.5 Å². The van der Waals surface area contributed by atoms with Gasteiger partial charge in [0.15, 0.2) is 0 Å². The highest BCUT2D eigenvalue weighted by Crippen LogP contribution is 2.37. The van der Waals surface area contributed by atoms with Crippen molar-refractivity contribution in [2.75, 3.05) is 0 Å². The van der Waals surface area contributed by atoms with Gasteiger partial charge in [0.2, 0.25) is 0 Å². The molecule has 2 rings (SSSR count). The lowest BCUT2D eigenvalue weighted by Gasteiger charge is -2.16. The van der Waals surface area contributed by atoms with Crippen molar-refractivity contribution in [2.45, 2.75) is 19.2 Å². The number of alkyl halides is 1. The lowest BCUT2D eigenvalue weighted by atomic mass is 9.97. The maximum absolute atomic E-state index is 14.0. The average molecular weight is 425 g/mol. The van der Waals surface area contributed by atoms with Gasteiger partial charge in [-0.05, 0) is 48.7 Å². The minimum atomic E-state index is -0.866. The molecule has 0 fully saturated rings. The molecule has 0 bridgehead atoms. The van der Waals surface area contributed by atoms with Gasteiger partial charge in [0.1, 0.15) is 11.6 Å². The predicted octanol–water partition coefficient (Wildman–Crippen LogP) is 6.43. The Bertz CT molecular complexity index is 648. The van der Waals surface area contributed by atoms with Gasteiger partial charge in [0.05, 0.1) is 5.38 Å². The number of hydrogen-bond acceptors (Lipinski definition) is 0. The zero-order valence-corrected chi connectivity index (χ0v) is 14.7. The quantitative estimate of drug-likeness (QED) is 0.487. The fraction of sp³-hybridized carbons (Fsp3) is 0.200. The summed E-state index contributed by atoms with van der Waals surface area (Å²) in [6.07, 6.45) is 0. The summed E-state index contributed by atoms with van der Waals surface area (Å²) in [4.78, 5) is 0. The lowest BCUT2D eigenvalue weighted by molar-refractivity contribution is 0.557. The van der Waals surface area contributed by atoms with Crippen LogP contribution < -0.4 is 0 Å². The SMILES string of the molecule is Cc1cc(C(Cl)c2c(F)cc(Br)cc2F)c(C)cc1Br. The molecule has 2 aromatic carbocycles. The molecule has 0 radical (unpaired) electrons. The lowest BCUT2D eigenvalue weighted by Crippen LogP contribution is -2.03. The molecule has 0 N–H and O–H groups in total. The van der Waals surface area contributed by atoms with E-state index in [0.717, 1.165) is 15.6 Å². The van der Waals surface area contributed by atoms with E-state index in [-0.39, 0.29) is 5.56 Å². The molecule has 0 amide bonds. The Hall–Kier alpha value is -0.450. The van der Waals surface area contributed by atoms with Gasteiger partial charge in [-0.3, -0.25) is 0 Å². The zero-order valence-electron chi connectivity index (χ0n) is 10.8. The Kier molecular flexibility index (Phi) is 4.88. The molecule has 20 heavy (non-hydrogen) atoms. The number of hydrogen-bond donors (Lipinski definition) is 0. The minimum absolute atomic E-state index is 0.125. The van der Waals surface area contributed by atoms with E-state index in [1.54, 1.807) is 0 Å². The maximum atomic E-state index is 14.0. The third kappa shape index (κ3) is 3.07. The van der Waals surface area contributed by atoms with Crippen LogP contribution in [-0.4, -0.2) is 0 Å². The van der Waals surface area contributed by atoms with Crippen molar-refractivity contribution in [1.82, 2.24) is 0 Å².